The molecule has 0 amide bonds. The molecule has 0 aliphatic heterocycles. The van der Waals surface area contributed by atoms with E-state index in [-0.39, 0.29) is 0 Å². The van der Waals surface area contributed by atoms with Gasteiger partial charge in [0.2, 0.25) is 0 Å². The number of aryl methyl sites for hydroxylation is 4. The molecule has 0 aromatic heterocycles. The van der Waals surface area contributed by atoms with Crippen molar-refractivity contribution < 1.29 is 27.9 Å². The molecule has 6 aromatic rings. The Morgan fingerprint density at radius 2 is 0.673 bits per heavy atom. The number of carbonyl (C=O) groups excluding carboxylic acids is 1. The van der Waals surface area contributed by atoms with E-state index in [1.54, 1.807) is 0 Å². The molecule has 0 saturated heterocycles. The number of carboxylic acid groups (broad SMARTS) is 1. The van der Waals surface area contributed by atoms with Crippen LogP contribution >= 0.6 is 15.8 Å². The van der Waals surface area contributed by atoms with Gasteiger partial charge in [0.15, 0.2) is 0 Å². The summed E-state index contributed by atoms with van der Waals surface area (Å²) in [4.78, 5) is 8.89. The third-order valence-electron chi connectivity index (χ3n) is 8.23. The standard InChI is InChI=1S/2C21H20P.C2H4O2.Pd/c2*1-17-10-6-8-14-20(17)22(16-19-12-4-3-5-13-19)21-15-9-7-11-18(21)2;1-2(3)4;/h2*3-16H,1-2H3;1H3,(H,3,4);/q;;;+1/p-1. The molecule has 0 radical (unpaired) electrons. The second-order valence-corrected chi connectivity index (χ2v) is 20.0. The van der Waals surface area contributed by atoms with E-state index in [0.717, 1.165) is 6.92 Å². The minimum atomic E-state index is -1.08. The summed E-state index contributed by atoms with van der Waals surface area (Å²) in [6.07, 6.45) is 0. The van der Waals surface area contributed by atoms with Crippen LogP contribution in [0.2, 0.25) is 0 Å². The zero-order valence-corrected chi connectivity index (χ0v) is 32.0. The summed E-state index contributed by atoms with van der Waals surface area (Å²) in [6, 6.07) is 59.4. The minimum absolute atomic E-state index is 0.373. The van der Waals surface area contributed by atoms with Gasteiger partial charge in [0.05, 0.1) is 0 Å². The van der Waals surface area contributed by atoms with E-state index in [0.29, 0.717) is 26.2 Å². The Labute approximate surface area is 303 Å². The first kappa shape index (κ1) is 36.6. The molecule has 0 spiro atoms. The Morgan fingerprint density at radius 1 is 0.449 bits per heavy atom. The fourth-order valence-corrected chi connectivity index (χ4v) is 18.4. The van der Waals surface area contributed by atoms with Crippen LogP contribution in [0, 0.1) is 27.7 Å². The topological polar surface area (TPSA) is 40.1 Å². The van der Waals surface area contributed by atoms with Crippen molar-refractivity contribution in [2.75, 3.05) is 0 Å². The van der Waals surface area contributed by atoms with Crippen molar-refractivity contribution in [3.05, 3.63) is 191 Å². The summed E-state index contributed by atoms with van der Waals surface area (Å²) in [5.74, 6) is -1.08. The molecule has 0 heterocycles. The van der Waals surface area contributed by atoms with Crippen molar-refractivity contribution in [2.45, 2.75) is 42.9 Å². The fraction of sp³-hybridized carbons (Fsp3) is 0.159. The number of benzene rings is 6. The Balaban J connectivity index is 0.00000111. The van der Waals surface area contributed by atoms with Gasteiger partial charge in [-0.15, -0.1) is 0 Å². The van der Waals surface area contributed by atoms with Crippen molar-refractivity contribution in [2.24, 2.45) is 0 Å². The third-order valence-corrected chi connectivity index (χ3v) is 19.3. The van der Waals surface area contributed by atoms with Crippen molar-refractivity contribution in [1.29, 1.82) is 0 Å². The zero-order chi connectivity index (χ0) is 34.8. The maximum atomic E-state index is 8.89. The quantitative estimate of drug-likeness (QED) is 0.103. The van der Waals surface area contributed by atoms with Crippen LogP contribution in [0.1, 0.15) is 48.6 Å². The van der Waals surface area contributed by atoms with Gasteiger partial charge >= 0.3 is 282 Å². The van der Waals surface area contributed by atoms with Gasteiger partial charge in [0.1, 0.15) is 0 Å². The number of hydrogen-bond donors (Lipinski definition) is 0. The van der Waals surface area contributed by atoms with Gasteiger partial charge in [-0.2, -0.15) is 0 Å². The zero-order valence-electron chi connectivity index (χ0n) is 28.7. The Morgan fingerprint density at radius 3 is 0.918 bits per heavy atom. The second kappa shape index (κ2) is 17.8. The van der Waals surface area contributed by atoms with Gasteiger partial charge in [-0.3, -0.25) is 0 Å². The molecular weight excluding hydrogens is 729 g/mol. The molecule has 251 valence electrons. The summed E-state index contributed by atoms with van der Waals surface area (Å²) in [7, 11) is -1.40. The van der Waals surface area contributed by atoms with Gasteiger partial charge in [-0.05, 0) is 6.92 Å². The molecule has 0 N–H and O–H groups in total. The monoisotopic (exact) mass is 771 g/mol. The van der Waals surface area contributed by atoms with Gasteiger partial charge < -0.3 is 9.90 Å². The molecule has 2 nitrogen and oxygen atoms in total. The Hall–Kier alpha value is -3.69. The molecule has 2 atom stereocenters. The number of carboxylic acids is 1. The van der Waals surface area contributed by atoms with Gasteiger partial charge in [-0.1, -0.05) is 0 Å². The Kier molecular flexibility index (Phi) is 13.3. The third kappa shape index (κ3) is 9.31. The first-order valence-electron chi connectivity index (χ1n) is 16.4. The molecule has 5 heteroatoms. The summed E-state index contributed by atoms with van der Waals surface area (Å²) < 4.78 is 0.751. The van der Waals surface area contributed by atoms with Gasteiger partial charge in [-0.25, -0.2) is 0 Å². The molecule has 0 aliphatic carbocycles. The van der Waals surface area contributed by atoms with Crippen LogP contribution in [-0.4, -0.2) is 5.97 Å². The summed E-state index contributed by atoms with van der Waals surface area (Å²) in [5.41, 5.74) is 8.45. The number of rotatable bonds is 10. The SMILES string of the molecule is CC(=O)[O-].Cc1ccccc1P(c1ccccc1C)[CH]([Pd+][CH](c1ccccc1)P(c1ccccc1C)c1ccccc1C)c1ccccc1. The van der Waals surface area contributed by atoms with E-state index >= 15 is 0 Å². The van der Waals surface area contributed by atoms with Gasteiger partial charge in [0, 0.05) is 5.97 Å². The van der Waals surface area contributed by atoms with E-state index in [1.165, 1.54) is 54.6 Å². The maximum absolute atomic E-state index is 8.89. The van der Waals surface area contributed by atoms with Gasteiger partial charge in [0.25, 0.3) is 0 Å². The molecule has 6 rings (SSSR count). The molecule has 0 bridgehead atoms. The van der Waals surface area contributed by atoms with Crippen molar-refractivity contribution in [1.82, 2.24) is 0 Å². The van der Waals surface area contributed by atoms with E-state index in [1.807, 2.05) is 0 Å². The predicted molar refractivity (Wildman–Crippen MR) is 206 cm³/mol. The van der Waals surface area contributed by atoms with Crippen LogP contribution < -0.4 is 26.3 Å². The van der Waals surface area contributed by atoms with Crippen LogP contribution in [0.25, 0.3) is 0 Å². The predicted octanol–water partition coefficient (Wildman–Crippen LogP) is 8.72. The molecular formula is C44H43O2P2Pd. The van der Waals surface area contributed by atoms with E-state index < -0.39 is 21.8 Å². The summed E-state index contributed by atoms with van der Waals surface area (Å²) >= 11 is 0.373. The molecule has 2 unspecified atom stereocenters. The van der Waals surface area contributed by atoms with Crippen molar-refractivity contribution >= 4 is 43.0 Å². The van der Waals surface area contributed by atoms with Crippen molar-refractivity contribution in [3.8, 4) is 0 Å². The summed E-state index contributed by atoms with van der Waals surface area (Å²) in [6.45, 7) is 10.2. The molecule has 6 aromatic carbocycles. The van der Waals surface area contributed by atoms with Crippen LogP contribution in [0.3, 0.4) is 0 Å². The normalized spacial score (nSPS) is 12.3. The van der Waals surface area contributed by atoms with Crippen LogP contribution in [-0.2, 0) is 22.8 Å². The Bertz CT molecular complexity index is 1730. The first-order chi connectivity index (χ1) is 23.8. The van der Waals surface area contributed by atoms with Crippen LogP contribution in [0.4, 0.5) is 0 Å². The fourth-order valence-electron chi connectivity index (χ4n) is 5.86. The molecule has 0 aliphatic rings. The van der Waals surface area contributed by atoms with Crippen molar-refractivity contribution in [3.63, 3.8) is 0 Å². The number of carbonyl (C=O) groups is 1. The number of hydrogen-bond acceptors (Lipinski definition) is 2. The number of aliphatic carboxylic acids is 1. The van der Waals surface area contributed by atoms with E-state index in [4.69, 9.17) is 9.90 Å². The first-order valence-corrected chi connectivity index (χ1v) is 21.0. The average Bonchev–Trinajstić information content (AvgIpc) is 3.11. The second-order valence-electron chi connectivity index (χ2n) is 11.9. The van der Waals surface area contributed by atoms with E-state index in [9.17, 15) is 0 Å². The van der Waals surface area contributed by atoms with E-state index in [2.05, 4.69) is 185 Å². The molecule has 49 heavy (non-hydrogen) atoms. The average molecular weight is 772 g/mol. The molecule has 0 fully saturated rings. The van der Waals surface area contributed by atoms with Crippen LogP contribution in [0.15, 0.2) is 158 Å². The molecule has 0 saturated carbocycles. The summed E-state index contributed by atoms with van der Waals surface area (Å²) in [5, 5.41) is 14.9. The van der Waals surface area contributed by atoms with Crippen LogP contribution in [0.5, 0.6) is 0 Å².